The third-order valence-electron chi connectivity index (χ3n) is 5.59. The van der Waals surface area contributed by atoms with Crippen molar-refractivity contribution in [2.75, 3.05) is 19.7 Å². The van der Waals surface area contributed by atoms with E-state index in [1.54, 1.807) is 6.07 Å². The van der Waals surface area contributed by atoms with Gasteiger partial charge in [0, 0.05) is 30.2 Å². The summed E-state index contributed by atoms with van der Waals surface area (Å²) < 4.78 is 6.08. The molecule has 144 valence electrons. The molecule has 3 atom stereocenters. The topological polar surface area (TPSA) is 83.1 Å². The number of ether oxygens (including phenoxy) is 1. The summed E-state index contributed by atoms with van der Waals surface area (Å²) in [7, 11) is 0. The van der Waals surface area contributed by atoms with E-state index in [0.29, 0.717) is 29.2 Å². The van der Waals surface area contributed by atoms with Crippen molar-refractivity contribution in [1.82, 2.24) is 25.6 Å². The molecule has 0 saturated carbocycles. The van der Waals surface area contributed by atoms with Crippen molar-refractivity contribution < 1.29 is 9.53 Å². The number of H-pyrrole nitrogens is 1. The molecule has 1 aromatic heterocycles. The molecule has 3 heterocycles. The minimum Gasteiger partial charge on any atom is -0.371 e. The average Bonchev–Trinajstić information content (AvgIpc) is 3.33. The highest BCUT2D eigenvalue weighted by atomic mass is 35.5. The van der Waals surface area contributed by atoms with Crippen LogP contribution in [0.1, 0.15) is 28.4 Å². The molecule has 0 bridgehead atoms. The molecule has 2 N–H and O–H groups in total. The monoisotopic (exact) mass is 397 g/mol. The van der Waals surface area contributed by atoms with Crippen molar-refractivity contribution in [1.29, 1.82) is 0 Å². The van der Waals surface area contributed by atoms with E-state index >= 15 is 0 Å². The molecule has 2 saturated heterocycles. The number of nitrogens with zero attached hydrogens (tertiary/aromatic N) is 3. The van der Waals surface area contributed by atoms with Crippen molar-refractivity contribution in [2.24, 2.45) is 0 Å². The van der Waals surface area contributed by atoms with Gasteiger partial charge in [0.2, 0.25) is 0 Å². The number of carbonyl (C=O) groups excluding carboxylic acids is 1. The van der Waals surface area contributed by atoms with Crippen LogP contribution in [0.15, 0.2) is 42.5 Å². The molecule has 7 nitrogen and oxygen atoms in total. The zero-order chi connectivity index (χ0) is 19.1. The van der Waals surface area contributed by atoms with Gasteiger partial charge in [0.05, 0.1) is 18.3 Å². The van der Waals surface area contributed by atoms with Gasteiger partial charge in [-0.25, -0.2) is 0 Å². The number of aromatic nitrogens is 3. The maximum absolute atomic E-state index is 12.8. The van der Waals surface area contributed by atoms with Crippen LogP contribution in [0.4, 0.5) is 0 Å². The van der Waals surface area contributed by atoms with Crippen molar-refractivity contribution >= 4 is 28.5 Å². The van der Waals surface area contributed by atoms with E-state index in [0.717, 1.165) is 30.1 Å². The molecule has 2 fully saturated rings. The molecule has 5 rings (SSSR count). The van der Waals surface area contributed by atoms with Gasteiger partial charge in [0.15, 0.2) is 0 Å². The quantitative estimate of drug-likeness (QED) is 0.709. The molecule has 8 heteroatoms. The highest BCUT2D eigenvalue weighted by molar-refractivity contribution is 6.30. The lowest BCUT2D eigenvalue weighted by Gasteiger charge is -2.35. The molecule has 0 radical (unpaired) electrons. The van der Waals surface area contributed by atoms with E-state index in [-0.39, 0.29) is 18.1 Å². The van der Waals surface area contributed by atoms with Crippen molar-refractivity contribution in [3.05, 3.63) is 58.6 Å². The van der Waals surface area contributed by atoms with Crippen LogP contribution in [0.5, 0.6) is 0 Å². The highest BCUT2D eigenvalue weighted by Gasteiger charge is 2.38. The fraction of sp³-hybridized carbons (Fsp3) is 0.350. The number of halogens is 1. The fourth-order valence-electron chi connectivity index (χ4n) is 4.17. The van der Waals surface area contributed by atoms with Gasteiger partial charge in [-0.2, -0.15) is 15.4 Å². The van der Waals surface area contributed by atoms with Crippen LogP contribution in [-0.2, 0) is 4.74 Å². The Morgan fingerprint density at radius 2 is 2.04 bits per heavy atom. The van der Waals surface area contributed by atoms with E-state index < -0.39 is 0 Å². The maximum atomic E-state index is 12.8. The standard InChI is InChI=1S/C20H20ClN5O2/c21-13-6-4-12(5-7-13)18-10-26-9-14(8-15(26)11-28-18)22-20(27)16-2-1-3-17-19(16)24-25-23-17/h1-7,14-15,18H,8-11H2,(H,22,27)(H,23,24,25)/t14-,15+,18-/m1/s1. The fourth-order valence-corrected chi connectivity index (χ4v) is 4.30. The molecular weight excluding hydrogens is 378 g/mol. The van der Waals surface area contributed by atoms with Crippen LogP contribution in [0.2, 0.25) is 5.02 Å². The second-order valence-corrected chi connectivity index (χ2v) is 7.82. The van der Waals surface area contributed by atoms with E-state index in [1.807, 2.05) is 36.4 Å². The Morgan fingerprint density at radius 3 is 2.89 bits per heavy atom. The Labute approximate surface area is 167 Å². The first-order valence-corrected chi connectivity index (χ1v) is 9.76. The largest absolute Gasteiger partial charge is 0.371 e. The molecule has 28 heavy (non-hydrogen) atoms. The average molecular weight is 398 g/mol. The van der Waals surface area contributed by atoms with E-state index in [9.17, 15) is 4.79 Å². The number of carbonyl (C=O) groups is 1. The van der Waals surface area contributed by atoms with Gasteiger partial charge in [-0.05, 0) is 36.2 Å². The van der Waals surface area contributed by atoms with Crippen LogP contribution in [-0.4, -0.2) is 58.0 Å². The Morgan fingerprint density at radius 1 is 1.18 bits per heavy atom. The summed E-state index contributed by atoms with van der Waals surface area (Å²) in [6, 6.07) is 13.7. The summed E-state index contributed by atoms with van der Waals surface area (Å²) in [4.78, 5) is 15.2. The minimum absolute atomic E-state index is 0.0341. The number of fused-ring (bicyclic) bond motifs is 2. The number of hydrogen-bond donors (Lipinski definition) is 2. The Balaban J connectivity index is 1.25. The number of morpholine rings is 1. The summed E-state index contributed by atoms with van der Waals surface area (Å²) in [5, 5.41) is 14.6. The van der Waals surface area contributed by atoms with Crippen molar-refractivity contribution in [3.63, 3.8) is 0 Å². The van der Waals surface area contributed by atoms with Crippen molar-refractivity contribution in [3.8, 4) is 0 Å². The zero-order valence-corrected chi connectivity index (χ0v) is 15.9. The van der Waals surface area contributed by atoms with Gasteiger partial charge in [-0.15, -0.1) is 0 Å². The van der Waals surface area contributed by atoms with Gasteiger partial charge >= 0.3 is 0 Å². The molecule has 2 aliphatic heterocycles. The normalized spacial score (nSPS) is 25.0. The summed E-state index contributed by atoms with van der Waals surface area (Å²) in [5.74, 6) is -0.112. The van der Waals surface area contributed by atoms with Crippen LogP contribution in [0, 0.1) is 0 Å². The number of nitrogens with one attached hydrogen (secondary N) is 2. The summed E-state index contributed by atoms with van der Waals surface area (Å²) >= 11 is 5.99. The maximum Gasteiger partial charge on any atom is 0.253 e. The van der Waals surface area contributed by atoms with Crippen LogP contribution in [0.25, 0.3) is 11.0 Å². The second-order valence-electron chi connectivity index (χ2n) is 7.38. The number of rotatable bonds is 3. The molecule has 3 aromatic rings. The Kier molecular flexibility index (Phi) is 4.50. The lowest BCUT2D eigenvalue weighted by atomic mass is 10.1. The van der Waals surface area contributed by atoms with Crippen LogP contribution in [0.3, 0.4) is 0 Å². The summed E-state index contributed by atoms with van der Waals surface area (Å²) in [5.41, 5.74) is 2.97. The van der Waals surface area contributed by atoms with E-state index in [2.05, 4.69) is 25.6 Å². The SMILES string of the molecule is O=C(N[C@@H]1C[C@H]2CO[C@@H](c3ccc(Cl)cc3)CN2C1)c1cccc2n[nH]nc12. The third kappa shape index (κ3) is 3.26. The number of aromatic amines is 1. The van der Waals surface area contributed by atoms with Gasteiger partial charge in [0.25, 0.3) is 5.91 Å². The number of amides is 1. The third-order valence-corrected chi connectivity index (χ3v) is 5.84. The zero-order valence-electron chi connectivity index (χ0n) is 15.1. The molecule has 0 spiro atoms. The first-order chi connectivity index (χ1) is 13.7. The predicted octanol–water partition coefficient (Wildman–Crippen LogP) is 2.56. The van der Waals surface area contributed by atoms with Crippen LogP contribution >= 0.6 is 11.6 Å². The molecule has 0 aliphatic carbocycles. The summed E-state index contributed by atoms with van der Waals surface area (Å²) in [6.07, 6.45) is 0.917. The number of para-hydroxylation sites is 1. The van der Waals surface area contributed by atoms with Gasteiger partial charge in [0.1, 0.15) is 11.0 Å². The number of benzene rings is 2. The van der Waals surface area contributed by atoms with Gasteiger partial charge in [-0.3, -0.25) is 9.69 Å². The van der Waals surface area contributed by atoms with Crippen molar-refractivity contribution in [2.45, 2.75) is 24.6 Å². The van der Waals surface area contributed by atoms with Gasteiger partial charge < -0.3 is 10.1 Å². The first kappa shape index (κ1) is 17.6. The van der Waals surface area contributed by atoms with E-state index in [4.69, 9.17) is 16.3 Å². The lowest BCUT2D eigenvalue weighted by molar-refractivity contribution is -0.0502. The number of hydrogen-bond acceptors (Lipinski definition) is 5. The molecule has 2 aliphatic rings. The molecule has 2 aromatic carbocycles. The molecule has 1 amide bonds. The molecular formula is C20H20ClN5O2. The molecule has 0 unspecified atom stereocenters. The smallest absolute Gasteiger partial charge is 0.253 e. The van der Waals surface area contributed by atoms with Gasteiger partial charge in [-0.1, -0.05) is 29.8 Å². The Hall–Kier alpha value is -2.48. The Bertz CT molecular complexity index is 1010. The highest BCUT2D eigenvalue weighted by Crippen LogP contribution is 2.31. The minimum atomic E-state index is -0.112. The predicted molar refractivity (Wildman–Crippen MR) is 105 cm³/mol. The summed E-state index contributed by atoms with van der Waals surface area (Å²) in [6.45, 7) is 2.30. The lowest BCUT2D eigenvalue weighted by Crippen LogP contribution is -2.43. The second kappa shape index (κ2) is 7.16. The first-order valence-electron chi connectivity index (χ1n) is 9.39. The van der Waals surface area contributed by atoms with E-state index in [1.165, 1.54) is 0 Å². The van der Waals surface area contributed by atoms with Crippen LogP contribution < -0.4 is 5.32 Å².